The molecule has 1 radical (unpaired) electrons. The number of hydrogen-bond donors (Lipinski definition) is 0. The number of aromatic nitrogens is 2. The maximum atomic E-state index is 13.3. The molecule has 1 fully saturated rings. The molecule has 4 aromatic carbocycles. The molecule has 1 aliphatic carbocycles. The summed E-state index contributed by atoms with van der Waals surface area (Å²) in [5.41, 5.74) is 10.4. The van der Waals surface area contributed by atoms with Gasteiger partial charge in [-0.15, -0.1) is 54.1 Å². The molecule has 273 valence electrons. The van der Waals surface area contributed by atoms with Gasteiger partial charge in [-0.25, -0.2) is 4.39 Å². The SMILES string of the molecule is CC(C)Cc1cc(-c2[c-]cccc2)ncc1[Si](C)(C)C.Fc1ccc(-c2ccc3c(c2)oc2c(-c4cc(C5CCCCC5)ccn4)[c-]ccc23)cc1.[Ir]. The first-order valence-corrected chi connectivity index (χ1v) is 22.2. The van der Waals surface area contributed by atoms with Crippen LogP contribution in [-0.4, -0.2) is 18.0 Å². The molecule has 3 nitrogen and oxygen atoms in total. The van der Waals surface area contributed by atoms with Gasteiger partial charge in [-0.05, 0) is 83.1 Å². The molecule has 0 atom stereocenters. The van der Waals surface area contributed by atoms with E-state index in [2.05, 4.69) is 98.2 Å². The van der Waals surface area contributed by atoms with Gasteiger partial charge in [0.05, 0.1) is 13.7 Å². The van der Waals surface area contributed by atoms with E-state index in [0.717, 1.165) is 62.0 Å². The van der Waals surface area contributed by atoms with Gasteiger partial charge in [0.25, 0.3) is 0 Å². The number of benzene rings is 4. The zero-order valence-electron chi connectivity index (χ0n) is 31.3. The first-order chi connectivity index (χ1) is 25.1. The molecular formula is C47H47FIrN2OSi-2. The fourth-order valence-electron chi connectivity index (χ4n) is 7.51. The summed E-state index contributed by atoms with van der Waals surface area (Å²) in [5.74, 6) is 1.06. The molecule has 1 aliphatic rings. The van der Waals surface area contributed by atoms with Gasteiger partial charge >= 0.3 is 0 Å². The van der Waals surface area contributed by atoms with Crippen LogP contribution >= 0.6 is 0 Å². The zero-order chi connectivity index (χ0) is 36.2. The maximum absolute atomic E-state index is 13.3. The molecule has 0 N–H and O–H groups in total. The van der Waals surface area contributed by atoms with Crippen molar-refractivity contribution in [2.24, 2.45) is 5.92 Å². The molecule has 3 heterocycles. The van der Waals surface area contributed by atoms with Crippen LogP contribution in [0.15, 0.2) is 114 Å². The number of nitrogens with zero attached hydrogens (tertiary/aromatic N) is 2. The van der Waals surface area contributed by atoms with Crippen LogP contribution in [0.5, 0.6) is 0 Å². The van der Waals surface area contributed by atoms with E-state index in [0.29, 0.717) is 11.8 Å². The van der Waals surface area contributed by atoms with Crippen LogP contribution in [0.2, 0.25) is 19.6 Å². The molecule has 0 amide bonds. The average molecular weight is 895 g/mol. The van der Waals surface area contributed by atoms with Crippen molar-refractivity contribution in [3.05, 3.63) is 139 Å². The number of pyridine rings is 2. The van der Waals surface area contributed by atoms with Gasteiger partial charge in [-0.2, -0.15) is 0 Å². The number of rotatable bonds is 7. The molecule has 0 spiro atoms. The van der Waals surface area contributed by atoms with E-state index in [1.807, 2.05) is 42.6 Å². The third-order valence-corrected chi connectivity index (χ3v) is 12.2. The summed E-state index contributed by atoms with van der Waals surface area (Å²) < 4.78 is 19.7. The summed E-state index contributed by atoms with van der Waals surface area (Å²) in [5, 5.41) is 3.61. The standard InChI is InChI=1S/C29H23FNO.C18H24NSi.Ir/c30-23-12-9-20(10-13-23)21-11-14-24-25-7-4-8-26(29(25)32-28(24)18-21)27-17-22(15-16-31-27)19-5-2-1-3-6-19;1-14(2)11-16-12-17(15-9-7-6-8-10-15)19-13-18(16)20(3,4)5;/h4,7,9-19H,1-3,5-6H2;6-9,12-14H,11H2,1-5H3;/q2*-1;. The van der Waals surface area contributed by atoms with Gasteiger partial charge in [0.2, 0.25) is 0 Å². The van der Waals surface area contributed by atoms with E-state index in [-0.39, 0.29) is 25.9 Å². The Morgan fingerprint density at radius 2 is 1.57 bits per heavy atom. The fourth-order valence-corrected chi connectivity index (χ4v) is 9.10. The van der Waals surface area contributed by atoms with Crippen LogP contribution in [0, 0.1) is 23.9 Å². The first kappa shape index (κ1) is 38.5. The van der Waals surface area contributed by atoms with Crippen molar-refractivity contribution < 1.29 is 28.9 Å². The third-order valence-electron chi connectivity index (χ3n) is 10.1. The van der Waals surface area contributed by atoms with Crippen molar-refractivity contribution in [2.45, 2.75) is 77.9 Å². The Bertz CT molecular complexity index is 2290. The second kappa shape index (κ2) is 16.8. The third kappa shape index (κ3) is 8.95. The Morgan fingerprint density at radius 1 is 0.792 bits per heavy atom. The quantitative estimate of drug-likeness (QED) is 0.118. The van der Waals surface area contributed by atoms with Crippen LogP contribution in [0.3, 0.4) is 0 Å². The van der Waals surface area contributed by atoms with Crippen molar-refractivity contribution in [1.82, 2.24) is 9.97 Å². The predicted molar refractivity (Wildman–Crippen MR) is 217 cm³/mol. The molecule has 0 saturated heterocycles. The van der Waals surface area contributed by atoms with Gasteiger partial charge in [0.15, 0.2) is 0 Å². The van der Waals surface area contributed by atoms with E-state index in [1.54, 1.807) is 12.1 Å². The Hall–Kier alpha value is -4.22. The smallest absolute Gasteiger partial charge is 0.123 e. The number of fused-ring (bicyclic) bond motifs is 3. The van der Waals surface area contributed by atoms with Gasteiger partial charge in [-0.1, -0.05) is 111 Å². The minimum Gasteiger partial charge on any atom is -0.501 e. The number of halogens is 1. The Labute approximate surface area is 328 Å². The fraction of sp³-hybridized carbons (Fsp3) is 0.277. The van der Waals surface area contributed by atoms with Crippen LogP contribution in [-0.2, 0) is 26.5 Å². The van der Waals surface area contributed by atoms with Crippen molar-refractivity contribution in [2.75, 3.05) is 0 Å². The van der Waals surface area contributed by atoms with Crippen LogP contribution in [0.25, 0.3) is 55.6 Å². The van der Waals surface area contributed by atoms with E-state index in [4.69, 9.17) is 4.42 Å². The second-order valence-electron chi connectivity index (χ2n) is 15.6. The molecule has 0 bridgehead atoms. The summed E-state index contributed by atoms with van der Waals surface area (Å²) in [6.07, 6.45) is 11.6. The molecule has 3 aromatic heterocycles. The molecular weight excluding hydrogens is 848 g/mol. The summed E-state index contributed by atoms with van der Waals surface area (Å²) in [6, 6.07) is 38.1. The minimum atomic E-state index is -1.34. The number of hydrogen-bond acceptors (Lipinski definition) is 3. The minimum absolute atomic E-state index is 0. The van der Waals surface area contributed by atoms with Crippen LogP contribution < -0.4 is 5.19 Å². The Morgan fingerprint density at radius 3 is 2.28 bits per heavy atom. The maximum Gasteiger partial charge on any atom is 0.123 e. The monoisotopic (exact) mass is 895 g/mol. The van der Waals surface area contributed by atoms with Crippen LogP contribution in [0.1, 0.15) is 63.0 Å². The Kier molecular flexibility index (Phi) is 12.2. The molecule has 1 saturated carbocycles. The summed E-state index contributed by atoms with van der Waals surface area (Å²) >= 11 is 0. The van der Waals surface area contributed by atoms with Gasteiger partial charge < -0.3 is 14.4 Å². The van der Waals surface area contributed by atoms with E-state index in [9.17, 15) is 4.39 Å². The van der Waals surface area contributed by atoms with Gasteiger partial charge in [-0.3, -0.25) is 0 Å². The van der Waals surface area contributed by atoms with Crippen molar-refractivity contribution >= 4 is 35.2 Å². The summed E-state index contributed by atoms with van der Waals surface area (Å²) in [6.45, 7) is 11.7. The normalized spacial score (nSPS) is 13.5. The largest absolute Gasteiger partial charge is 0.501 e. The molecule has 6 heteroatoms. The van der Waals surface area contributed by atoms with E-state index < -0.39 is 8.07 Å². The van der Waals surface area contributed by atoms with Crippen molar-refractivity contribution in [3.8, 4) is 33.6 Å². The first-order valence-electron chi connectivity index (χ1n) is 18.7. The summed E-state index contributed by atoms with van der Waals surface area (Å²) in [7, 11) is -1.34. The second-order valence-corrected chi connectivity index (χ2v) is 20.6. The molecule has 0 aliphatic heterocycles. The molecule has 53 heavy (non-hydrogen) atoms. The topological polar surface area (TPSA) is 38.9 Å². The molecule has 8 rings (SSSR count). The Balaban J connectivity index is 0.000000199. The predicted octanol–water partition coefficient (Wildman–Crippen LogP) is 12.6. The number of furan rings is 1. The average Bonchev–Trinajstić information content (AvgIpc) is 3.54. The van der Waals surface area contributed by atoms with Gasteiger partial charge in [0.1, 0.15) is 11.4 Å². The molecule has 0 unspecified atom stereocenters. The zero-order valence-corrected chi connectivity index (χ0v) is 34.7. The van der Waals surface area contributed by atoms with Gasteiger partial charge in [0, 0.05) is 37.9 Å². The van der Waals surface area contributed by atoms with E-state index >= 15 is 0 Å². The van der Waals surface area contributed by atoms with Crippen LogP contribution in [0.4, 0.5) is 4.39 Å². The summed E-state index contributed by atoms with van der Waals surface area (Å²) in [4.78, 5) is 9.36. The van der Waals surface area contributed by atoms with Crippen molar-refractivity contribution in [1.29, 1.82) is 0 Å². The van der Waals surface area contributed by atoms with Crippen molar-refractivity contribution in [3.63, 3.8) is 0 Å². The van der Waals surface area contributed by atoms with E-state index in [1.165, 1.54) is 60.6 Å². The molecule has 7 aromatic rings.